The summed E-state index contributed by atoms with van der Waals surface area (Å²) in [5, 5.41) is 3.26. The highest BCUT2D eigenvalue weighted by Crippen LogP contribution is 2.13. The van der Waals surface area contributed by atoms with Gasteiger partial charge in [0.05, 0.1) is 0 Å². The van der Waals surface area contributed by atoms with Crippen molar-refractivity contribution in [3.05, 3.63) is 12.4 Å². The Bertz CT molecular complexity index is 349. The largest absolute Gasteiger partial charge is 0.381 e. The van der Waals surface area contributed by atoms with Crippen molar-refractivity contribution in [3.8, 4) is 0 Å². The molecule has 17 heavy (non-hydrogen) atoms. The standard InChI is InChI=1S/C12H21N5/c1-10(9-17-6-2-3-7-17)8-16-12-11(13)14-4-5-15-12/h4-5,10H,2-3,6-9H2,1H3,(H2,13,14)(H,15,16). The van der Waals surface area contributed by atoms with Gasteiger partial charge in [-0.25, -0.2) is 9.97 Å². The Morgan fingerprint density at radius 3 is 2.76 bits per heavy atom. The number of nitrogen functional groups attached to an aromatic ring is 1. The molecule has 2 rings (SSSR count). The summed E-state index contributed by atoms with van der Waals surface area (Å²) in [5.74, 6) is 1.76. The minimum absolute atomic E-state index is 0.473. The van der Waals surface area contributed by atoms with Gasteiger partial charge in [0.2, 0.25) is 0 Å². The molecule has 5 heteroatoms. The second-order valence-electron chi connectivity index (χ2n) is 4.78. The van der Waals surface area contributed by atoms with Crippen LogP contribution >= 0.6 is 0 Å². The van der Waals surface area contributed by atoms with E-state index in [1.165, 1.54) is 25.9 Å². The molecule has 1 atom stereocenters. The van der Waals surface area contributed by atoms with E-state index < -0.39 is 0 Å². The Labute approximate surface area is 102 Å². The van der Waals surface area contributed by atoms with Gasteiger partial charge in [-0.05, 0) is 31.8 Å². The summed E-state index contributed by atoms with van der Waals surface area (Å²) in [4.78, 5) is 10.7. The number of hydrogen-bond donors (Lipinski definition) is 2. The number of nitrogens with zero attached hydrogens (tertiary/aromatic N) is 3. The Hall–Kier alpha value is -1.36. The van der Waals surface area contributed by atoms with Crippen LogP contribution in [0.15, 0.2) is 12.4 Å². The first kappa shape index (κ1) is 12.1. The molecular formula is C12H21N5. The SMILES string of the molecule is CC(CNc1nccnc1N)CN1CCCC1. The molecule has 0 saturated carbocycles. The summed E-state index contributed by atoms with van der Waals surface area (Å²) in [6.45, 7) is 6.78. The van der Waals surface area contributed by atoms with Gasteiger partial charge >= 0.3 is 0 Å². The van der Waals surface area contributed by atoms with Crippen LogP contribution in [0.5, 0.6) is 0 Å². The van der Waals surface area contributed by atoms with Crippen molar-refractivity contribution in [1.29, 1.82) is 0 Å². The van der Waals surface area contributed by atoms with Crippen LogP contribution < -0.4 is 11.1 Å². The second kappa shape index (κ2) is 5.82. The van der Waals surface area contributed by atoms with E-state index in [0.29, 0.717) is 17.6 Å². The Morgan fingerprint density at radius 1 is 1.35 bits per heavy atom. The number of nitrogens with two attached hydrogens (primary N) is 1. The molecule has 0 amide bonds. The summed E-state index contributed by atoms with van der Waals surface area (Å²) in [7, 11) is 0. The predicted octanol–water partition coefficient (Wildman–Crippen LogP) is 1.20. The first-order valence-electron chi connectivity index (χ1n) is 6.28. The highest BCUT2D eigenvalue weighted by atomic mass is 15.1. The lowest BCUT2D eigenvalue weighted by atomic mass is 10.1. The molecule has 1 fully saturated rings. The molecule has 0 aromatic carbocycles. The number of anilines is 2. The zero-order chi connectivity index (χ0) is 12.1. The molecule has 1 unspecified atom stereocenters. The minimum atomic E-state index is 0.473. The van der Waals surface area contributed by atoms with Crippen molar-refractivity contribution in [2.75, 3.05) is 37.2 Å². The van der Waals surface area contributed by atoms with Crippen LogP contribution in [0.4, 0.5) is 11.6 Å². The van der Waals surface area contributed by atoms with Crippen LogP contribution in [0.2, 0.25) is 0 Å². The van der Waals surface area contributed by atoms with Crippen molar-refractivity contribution in [2.24, 2.45) is 5.92 Å². The first-order chi connectivity index (χ1) is 8.25. The third-order valence-electron chi connectivity index (χ3n) is 3.11. The van der Waals surface area contributed by atoms with Gasteiger partial charge in [-0.2, -0.15) is 0 Å². The zero-order valence-corrected chi connectivity index (χ0v) is 10.4. The van der Waals surface area contributed by atoms with E-state index in [9.17, 15) is 0 Å². The minimum Gasteiger partial charge on any atom is -0.381 e. The molecule has 0 radical (unpaired) electrons. The maximum atomic E-state index is 5.72. The van der Waals surface area contributed by atoms with Gasteiger partial charge in [0, 0.05) is 25.5 Å². The van der Waals surface area contributed by atoms with Gasteiger partial charge in [-0.3, -0.25) is 0 Å². The van der Waals surface area contributed by atoms with Crippen molar-refractivity contribution >= 4 is 11.6 Å². The van der Waals surface area contributed by atoms with Crippen LogP contribution in [0.1, 0.15) is 19.8 Å². The molecule has 1 saturated heterocycles. The third kappa shape index (κ3) is 3.56. The normalized spacial score (nSPS) is 18.2. The summed E-state index contributed by atoms with van der Waals surface area (Å²) >= 11 is 0. The van der Waals surface area contributed by atoms with Crippen molar-refractivity contribution in [3.63, 3.8) is 0 Å². The molecule has 1 aliphatic rings. The van der Waals surface area contributed by atoms with Gasteiger partial charge in [0.25, 0.3) is 0 Å². The lowest BCUT2D eigenvalue weighted by Gasteiger charge is -2.20. The smallest absolute Gasteiger partial charge is 0.168 e. The third-order valence-corrected chi connectivity index (χ3v) is 3.11. The number of aromatic nitrogens is 2. The van der Waals surface area contributed by atoms with E-state index in [1.807, 2.05) is 0 Å². The van der Waals surface area contributed by atoms with Crippen LogP contribution in [0, 0.1) is 5.92 Å². The van der Waals surface area contributed by atoms with Crippen molar-refractivity contribution in [2.45, 2.75) is 19.8 Å². The molecule has 3 N–H and O–H groups in total. The van der Waals surface area contributed by atoms with E-state index in [1.54, 1.807) is 12.4 Å². The van der Waals surface area contributed by atoms with Gasteiger partial charge < -0.3 is 16.0 Å². The maximum Gasteiger partial charge on any atom is 0.168 e. The number of hydrogen-bond acceptors (Lipinski definition) is 5. The van der Waals surface area contributed by atoms with E-state index in [4.69, 9.17) is 5.73 Å². The van der Waals surface area contributed by atoms with E-state index in [2.05, 4.69) is 27.1 Å². The molecule has 5 nitrogen and oxygen atoms in total. The average Bonchev–Trinajstić information content (AvgIpc) is 2.81. The quantitative estimate of drug-likeness (QED) is 0.802. The molecule has 94 valence electrons. The van der Waals surface area contributed by atoms with E-state index in [-0.39, 0.29) is 0 Å². The summed E-state index contributed by atoms with van der Waals surface area (Å²) in [6.07, 6.45) is 5.95. The fourth-order valence-electron chi connectivity index (χ4n) is 2.23. The number of rotatable bonds is 5. The van der Waals surface area contributed by atoms with E-state index >= 15 is 0 Å². The summed E-state index contributed by atoms with van der Waals surface area (Å²) in [5.41, 5.74) is 5.72. The summed E-state index contributed by atoms with van der Waals surface area (Å²) < 4.78 is 0. The van der Waals surface area contributed by atoms with Crippen LogP contribution in [-0.2, 0) is 0 Å². The molecule has 1 aliphatic heterocycles. The molecule has 1 aromatic heterocycles. The lowest BCUT2D eigenvalue weighted by molar-refractivity contribution is 0.294. The molecule has 2 heterocycles. The Balaban J connectivity index is 1.75. The van der Waals surface area contributed by atoms with Gasteiger partial charge in [0.1, 0.15) is 0 Å². The van der Waals surface area contributed by atoms with E-state index in [0.717, 1.165) is 13.1 Å². The molecular weight excluding hydrogens is 214 g/mol. The van der Waals surface area contributed by atoms with Gasteiger partial charge in [0.15, 0.2) is 11.6 Å². The summed E-state index contributed by atoms with van der Waals surface area (Å²) in [6, 6.07) is 0. The Kier molecular flexibility index (Phi) is 4.14. The first-order valence-corrected chi connectivity index (χ1v) is 6.28. The highest BCUT2D eigenvalue weighted by Gasteiger charge is 2.14. The lowest BCUT2D eigenvalue weighted by Crippen LogP contribution is -2.29. The zero-order valence-electron chi connectivity index (χ0n) is 10.4. The topological polar surface area (TPSA) is 67.1 Å². The van der Waals surface area contributed by atoms with Crippen LogP contribution in [0.3, 0.4) is 0 Å². The maximum absolute atomic E-state index is 5.72. The molecule has 1 aromatic rings. The predicted molar refractivity (Wildman–Crippen MR) is 69.8 cm³/mol. The fourth-order valence-corrected chi connectivity index (χ4v) is 2.23. The van der Waals surface area contributed by atoms with Gasteiger partial charge in [-0.15, -0.1) is 0 Å². The average molecular weight is 235 g/mol. The molecule has 0 bridgehead atoms. The monoisotopic (exact) mass is 235 g/mol. The fraction of sp³-hybridized carbons (Fsp3) is 0.667. The van der Waals surface area contributed by atoms with Crippen molar-refractivity contribution in [1.82, 2.24) is 14.9 Å². The molecule has 0 spiro atoms. The highest BCUT2D eigenvalue weighted by molar-refractivity contribution is 5.54. The second-order valence-corrected chi connectivity index (χ2v) is 4.78. The van der Waals surface area contributed by atoms with Gasteiger partial charge in [-0.1, -0.05) is 6.92 Å². The number of likely N-dealkylation sites (tertiary alicyclic amines) is 1. The Morgan fingerprint density at radius 2 is 2.06 bits per heavy atom. The van der Waals surface area contributed by atoms with Crippen LogP contribution in [-0.4, -0.2) is 41.0 Å². The number of nitrogens with one attached hydrogen (secondary N) is 1. The van der Waals surface area contributed by atoms with Crippen molar-refractivity contribution < 1.29 is 0 Å². The molecule has 0 aliphatic carbocycles. The van der Waals surface area contributed by atoms with Crippen LogP contribution in [0.25, 0.3) is 0 Å².